The fourth-order valence-electron chi connectivity index (χ4n) is 1.75. The quantitative estimate of drug-likeness (QED) is 0.807. The summed E-state index contributed by atoms with van der Waals surface area (Å²) < 4.78 is 18.9. The van der Waals surface area contributed by atoms with Crippen molar-refractivity contribution in [2.45, 2.75) is 6.54 Å². The molecule has 0 bridgehead atoms. The molecule has 0 heterocycles. The van der Waals surface area contributed by atoms with Gasteiger partial charge in [0.25, 0.3) is 0 Å². The van der Waals surface area contributed by atoms with Gasteiger partial charge in [0.1, 0.15) is 0 Å². The average molecular weight is 335 g/mol. The van der Waals surface area contributed by atoms with Gasteiger partial charge in [-0.2, -0.15) is 0 Å². The van der Waals surface area contributed by atoms with E-state index in [1.807, 2.05) is 0 Å². The molecule has 2 rings (SSSR count). The van der Waals surface area contributed by atoms with Crippen LogP contribution in [0.2, 0.25) is 15.1 Å². The highest BCUT2D eigenvalue weighted by atomic mass is 35.5. The summed E-state index contributed by atoms with van der Waals surface area (Å²) in [5.41, 5.74) is 0.964. The number of hydrogen-bond donors (Lipinski definition) is 1. The number of nitrogens with one attached hydrogen (secondary N) is 1. The summed E-state index contributed by atoms with van der Waals surface area (Å²) in [7, 11) is 1.42. The first-order valence-corrected chi connectivity index (χ1v) is 6.86. The maximum absolute atomic E-state index is 14.0. The zero-order valence-electron chi connectivity index (χ0n) is 10.5. The molecule has 2 aromatic carbocycles. The Morgan fingerprint density at radius 3 is 2.40 bits per heavy atom. The molecule has 2 nitrogen and oxygen atoms in total. The third-order valence-electron chi connectivity index (χ3n) is 2.73. The van der Waals surface area contributed by atoms with E-state index in [0.717, 1.165) is 0 Å². The first kappa shape index (κ1) is 15.2. The van der Waals surface area contributed by atoms with Gasteiger partial charge >= 0.3 is 0 Å². The topological polar surface area (TPSA) is 21.3 Å². The third kappa shape index (κ3) is 3.29. The molecule has 0 aromatic heterocycles. The molecule has 6 heteroatoms. The fourth-order valence-corrected chi connectivity index (χ4v) is 2.70. The monoisotopic (exact) mass is 333 g/mol. The number of rotatable bonds is 4. The molecule has 1 N–H and O–H groups in total. The van der Waals surface area contributed by atoms with Crippen molar-refractivity contribution in [2.24, 2.45) is 0 Å². The molecule has 2 aromatic rings. The van der Waals surface area contributed by atoms with Crippen LogP contribution >= 0.6 is 34.8 Å². The van der Waals surface area contributed by atoms with Gasteiger partial charge in [0.2, 0.25) is 0 Å². The standard InChI is InChI=1S/C14H11Cl3FNO/c1-20-12-4-2-3-8(13(12)18)7-19-14-10(16)5-9(15)6-11(14)17/h2-6,19H,7H2,1H3. The normalized spacial score (nSPS) is 10.4. The van der Waals surface area contributed by atoms with Crippen molar-refractivity contribution >= 4 is 40.5 Å². The van der Waals surface area contributed by atoms with Crippen molar-refractivity contribution in [3.63, 3.8) is 0 Å². The van der Waals surface area contributed by atoms with E-state index in [1.165, 1.54) is 7.11 Å². The van der Waals surface area contributed by atoms with E-state index in [2.05, 4.69) is 5.32 Å². The number of anilines is 1. The summed E-state index contributed by atoms with van der Waals surface area (Å²) in [6, 6.07) is 8.06. The van der Waals surface area contributed by atoms with Crippen molar-refractivity contribution < 1.29 is 9.13 Å². The molecule has 0 amide bonds. The second-order valence-corrected chi connectivity index (χ2v) is 5.28. The first-order valence-electron chi connectivity index (χ1n) is 5.72. The average Bonchev–Trinajstić information content (AvgIpc) is 2.39. The number of hydrogen-bond acceptors (Lipinski definition) is 2. The largest absolute Gasteiger partial charge is 0.494 e. The fraction of sp³-hybridized carbons (Fsp3) is 0.143. The number of halogens is 4. The molecular weight excluding hydrogens is 324 g/mol. The van der Waals surface area contributed by atoms with Gasteiger partial charge in [-0.05, 0) is 18.2 Å². The maximum atomic E-state index is 14.0. The Morgan fingerprint density at radius 2 is 1.80 bits per heavy atom. The molecule has 0 unspecified atom stereocenters. The molecule has 20 heavy (non-hydrogen) atoms. The number of methoxy groups -OCH3 is 1. The summed E-state index contributed by atoms with van der Waals surface area (Å²) in [5, 5.41) is 4.20. The Bertz CT molecular complexity index is 611. The second kappa shape index (κ2) is 6.53. The van der Waals surface area contributed by atoms with Crippen LogP contribution in [0.25, 0.3) is 0 Å². The molecule has 0 aliphatic carbocycles. The highest BCUT2D eigenvalue weighted by molar-refractivity contribution is 6.41. The van der Waals surface area contributed by atoms with Gasteiger partial charge in [0.15, 0.2) is 11.6 Å². The molecule has 0 saturated carbocycles. The Hall–Kier alpha value is -1.16. The van der Waals surface area contributed by atoms with E-state index >= 15 is 0 Å². The van der Waals surface area contributed by atoms with Crippen LogP contribution in [-0.2, 0) is 6.54 Å². The van der Waals surface area contributed by atoms with E-state index in [9.17, 15) is 4.39 Å². The van der Waals surface area contributed by atoms with Gasteiger partial charge in [0.05, 0.1) is 22.8 Å². The van der Waals surface area contributed by atoms with Gasteiger partial charge in [0, 0.05) is 17.1 Å². The second-order valence-electron chi connectivity index (χ2n) is 4.03. The molecule has 0 radical (unpaired) electrons. The van der Waals surface area contributed by atoms with E-state index in [4.69, 9.17) is 39.5 Å². The van der Waals surface area contributed by atoms with Crippen LogP contribution in [-0.4, -0.2) is 7.11 Å². The van der Waals surface area contributed by atoms with Crippen LogP contribution in [0.1, 0.15) is 5.56 Å². The lowest BCUT2D eigenvalue weighted by Crippen LogP contribution is -2.04. The molecule has 0 spiro atoms. The first-order chi connectivity index (χ1) is 9.52. The lowest BCUT2D eigenvalue weighted by molar-refractivity contribution is 0.384. The van der Waals surface area contributed by atoms with Crippen molar-refractivity contribution in [3.05, 3.63) is 56.8 Å². The summed E-state index contributed by atoms with van der Waals surface area (Å²) in [6.07, 6.45) is 0. The zero-order chi connectivity index (χ0) is 14.7. The van der Waals surface area contributed by atoms with Gasteiger partial charge < -0.3 is 10.1 Å². The van der Waals surface area contributed by atoms with Crippen molar-refractivity contribution in [3.8, 4) is 5.75 Å². The van der Waals surface area contributed by atoms with Crippen molar-refractivity contribution in [2.75, 3.05) is 12.4 Å². The van der Waals surface area contributed by atoms with Crippen molar-refractivity contribution in [1.29, 1.82) is 0 Å². The number of ether oxygens (including phenoxy) is 1. The SMILES string of the molecule is COc1cccc(CNc2c(Cl)cc(Cl)cc2Cl)c1F. The molecular formula is C14H11Cl3FNO. The van der Waals surface area contributed by atoms with Crippen LogP contribution in [0.5, 0.6) is 5.75 Å². The highest BCUT2D eigenvalue weighted by Gasteiger charge is 2.11. The van der Waals surface area contributed by atoms with Gasteiger partial charge in [-0.15, -0.1) is 0 Å². The summed E-state index contributed by atoms with van der Waals surface area (Å²) >= 11 is 17.9. The molecule has 0 aliphatic rings. The van der Waals surface area contributed by atoms with Gasteiger partial charge in [-0.25, -0.2) is 4.39 Å². The van der Waals surface area contributed by atoms with Crippen LogP contribution < -0.4 is 10.1 Å². The van der Waals surface area contributed by atoms with Gasteiger partial charge in [-0.3, -0.25) is 0 Å². The van der Waals surface area contributed by atoms with E-state index < -0.39 is 5.82 Å². The minimum Gasteiger partial charge on any atom is -0.494 e. The smallest absolute Gasteiger partial charge is 0.170 e. The van der Waals surface area contributed by atoms with Crippen LogP contribution in [0, 0.1) is 5.82 Å². The number of benzene rings is 2. The lowest BCUT2D eigenvalue weighted by atomic mass is 10.2. The van der Waals surface area contributed by atoms with Crippen molar-refractivity contribution in [1.82, 2.24) is 0 Å². The summed E-state index contributed by atoms with van der Waals surface area (Å²) in [6.45, 7) is 0.226. The van der Waals surface area contributed by atoms with E-state index in [1.54, 1.807) is 30.3 Å². The minimum atomic E-state index is -0.413. The molecule has 106 valence electrons. The maximum Gasteiger partial charge on any atom is 0.170 e. The van der Waals surface area contributed by atoms with Gasteiger partial charge in [-0.1, -0.05) is 46.9 Å². The van der Waals surface area contributed by atoms with Crippen LogP contribution in [0.3, 0.4) is 0 Å². The Kier molecular flexibility index (Phi) is 4.97. The molecule has 0 fully saturated rings. The van der Waals surface area contributed by atoms with Crippen LogP contribution in [0.15, 0.2) is 30.3 Å². The summed E-state index contributed by atoms with van der Waals surface area (Å²) in [4.78, 5) is 0. The molecule has 0 atom stereocenters. The Balaban J connectivity index is 2.21. The summed E-state index contributed by atoms with van der Waals surface area (Å²) in [5.74, 6) is -0.221. The predicted molar refractivity (Wildman–Crippen MR) is 81.8 cm³/mol. The van der Waals surface area contributed by atoms with Crippen LogP contribution in [0.4, 0.5) is 10.1 Å². The van der Waals surface area contributed by atoms with E-state index in [-0.39, 0.29) is 12.3 Å². The molecule has 0 aliphatic heterocycles. The third-order valence-corrected chi connectivity index (χ3v) is 3.54. The Labute approximate surface area is 131 Å². The molecule has 0 saturated heterocycles. The minimum absolute atomic E-state index is 0.192. The lowest BCUT2D eigenvalue weighted by Gasteiger charge is -2.12. The zero-order valence-corrected chi connectivity index (χ0v) is 12.8. The highest BCUT2D eigenvalue weighted by Crippen LogP contribution is 2.34. The van der Waals surface area contributed by atoms with E-state index in [0.29, 0.717) is 26.3 Å². The predicted octanol–water partition coefficient (Wildman–Crippen LogP) is 5.41. The Morgan fingerprint density at radius 1 is 1.15 bits per heavy atom.